The molecule has 0 saturated carbocycles. The van der Waals surface area contributed by atoms with Crippen LogP contribution >= 0.6 is 34.9 Å². The molecular weight excluding hydrogens is 308 g/mol. The Hall–Kier alpha value is -0.400. The minimum absolute atomic E-state index is 0.221. The summed E-state index contributed by atoms with van der Waals surface area (Å²) < 4.78 is 1.37. The van der Waals surface area contributed by atoms with Crippen LogP contribution in [0, 0.1) is 0 Å². The fraction of sp³-hybridized carbons (Fsp3) is 0.692. The Morgan fingerprint density at radius 1 is 1.45 bits per heavy atom. The molecule has 1 aromatic rings. The van der Waals surface area contributed by atoms with Gasteiger partial charge in [-0.1, -0.05) is 11.8 Å². The zero-order valence-corrected chi connectivity index (χ0v) is 15.1. The zero-order chi connectivity index (χ0) is 14.8. The van der Waals surface area contributed by atoms with Crippen LogP contribution in [0.3, 0.4) is 0 Å². The van der Waals surface area contributed by atoms with Crippen LogP contribution in [0.1, 0.15) is 20.3 Å². The monoisotopic (exact) mass is 332 g/mol. The number of thioether (sulfide) groups is 2. The quantitative estimate of drug-likeness (QED) is 0.332. The summed E-state index contributed by atoms with van der Waals surface area (Å²) in [6.45, 7) is 6.28. The van der Waals surface area contributed by atoms with Crippen molar-refractivity contribution in [2.75, 3.05) is 32.1 Å². The molecule has 1 rings (SSSR count). The van der Waals surface area contributed by atoms with E-state index in [0.717, 1.165) is 35.6 Å². The number of aromatic nitrogens is 1. The molecule has 0 unspecified atom stereocenters. The molecule has 20 heavy (non-hydrogen) atoms. The van der Waals surface area contributed by atoms with Crippen LogP contribution in [0.4, 0.5) is 0 Å². The number of hydrogen-bond donors (Lipinski definition) is 2. The van der Waals surface area contributed by atoms with Gasteiger partial charge in [0.25, 0.3) is 0 Å². The maximum absolute atomic E-state index is 4.25. The van der Waals surface area contributed by atoms with Gasteiger partial charge in [0.15, 0.2) is 5.96 Å². The van der Waals surface area contributed by atoms with Gasteiger partial charge in [0.2, 0.25) is 0 Å². The van der Waals surface area contributed by atoms with E-state index in [0.29, 0.717) is 0 Å². The van der Waals surface area contributed by atoms with Gasteiger partial charge in [0.1, 0.15) is 4.34 Å². The number of aliphatic imine (C=N–C) groups is 1. The van der Waals surface area contributed by atoms with E-state index >= 15 is 0 Å². The first-order valence-corrected chi connectivity index (χ1v) is 9.68. The average Bonchev–Trinajstić information content (AvgIpc) is 2.95. The maximum Gasteiger partial charge on any atom is 0.191 e. The molecule has 0 spiro atoms. The maximum atomic E-state index is 4.25. The van der Waals surface area contributed by atoms with Crippen LogP contribution in [0.5, 0.6) is 0 Å². The van der Waals surface area contributed by atoms with Crippen LogP contribution < -0.4 is 10.6 Å². The van der Waals surface area contributed by atoms with Crippen molar-refractivity contribution < 1.29 is 0 Å². The zero-order valence-electron chi connectivity index (χ0n) is 12.6. The number of nitrogens with zero attached hydrogens (tertiary/aromatic N) is 2. The average molecular weight is 333 g/mol. The molecule has 0 saturated heterocycles. The second-order valence-corrected chi connectivity index (χ2v) is 8.57. The van der Waals surface area contributed by atoms with Crippen LogP contribution in [0.15, 0.2) is 20.9 Å². The molecule has 7 heteroatoms. The van der Waals surface area contributed by atoms with Gasteiger partial charge in [0, 0.05) is 42.2 Å². The predicted molar refractivity (Wildman–Crippen MR) is 94.4 cm³/mol. The summed E-state index contributed by atoms with van der Waals surface area (Å²) >= 11 is 5.37. The number of thiazole rings is 1. The summed E-state index contributed by atoms with van der Waals surface area (Å²) in [6, 6.07) is 0. The Bertz CT molecular complexity index is 390. The lowest BCUT2D eigenvalue weighted by Gasteiger charge is -2.23. The fourth-order valence-corrected chi connectivity index (χ4v) is 3.17. The number of guanidine groups is 1. The lowest BCUT2D eigenvalue weighted by molar-refractivity contribution is 0.663. The van der Waals surface area contributed by atoms with E-state index in [2.05, 4.69) is 40.7 Å². The second-order valence-electron chi connectivity index (χ2n) is 4.82. The van der Waals surface area contributed by atoms with E-state index in [-0.39, 0.29) is 4.75 Å². The molecule has 0 bridgehead atoms. The molecule has 2 N–H and O–H groups in total. The first kappa shape index (κ1) is 17.7. The summed E-state index contributed by atoms with van der Waals surface area (Å²) in [6.07, 6.45) is 5.08. The van der Waals surface area contributed by atoms with Crippen molar-refractivity contribution in [2.24, 2.45) is 4.99 Å². The lowest BCUT2D eigenvalue weighted by Crippen LogP contribution is -2.43. The van der Waals surface area contributed by atoms with E-state index in [1.807, 2.05) is 42.1 Å². The first-order valence-electron chi connectivity index (χ1n) is 6.59. The molecule has 0 aromatic carbocycles. The fourth-order valence-electron chi connectivity index (χ4n) is 1.31. The van der Waals surface area contributed by atoms with Gasteiger partial charge < -0.3 is 10.6 Å². The van der Waals surface area contributed by atoms with Gasteiger partial charge in [-0.15, -0.1) is 11.3 Å². The number of rotatable bonds is 8. The highest BCUT2D eigenvalue weighted by molar-refractivity contribution is 8.01. The molecule has 0 fully saturated rings. The third kappa shape index (κ3) is 7.40. The summed E-state index contributed by atoms with van der Waals surface area (Å²) in [4.78, 5) is 8.49. The number of hydrogen-bond acceptors (Lipinski definition) is 5. The van der Waals surface area contributed by atoms with Gasteiger partial charge in [-0.2, -0.15) is 11.8 Å². The van der Waals surface area contributed by atoms with Gasteiger partial charge in [0.05, 0.1) is 0 Å². The summed E-state index contributed by atoms with van der Waals surface area (Å²) in [5.41, 5.74) is 0. The predicted octanol–water partition coefficient (Wildman–Crippen LogP) is 2.93. The molecule has 0 amide bonds. The molecule has 1 heterocycles. The van der Waals surface area contributed by atoms with Crippen molar-refractivity contribution in [1.82, 2.24) is 15.6 Å². The second kappa shape index (κ2) is 9.52. The highest BCUT2D eigenvalue weighted by atomic mass is 32.2. The molecule has 0 aliphatic carbocycles. The third-order valence-corrected chi connectivity index (χ3v) is 6.01. The molecule has 114 valence electrons. The first-order chi connectivity index (χ1) is 9.57. The highest BCUT2D eigenvalue weighted by Gasteiger charge is 2.15. The highest BCUT2D eigenvalue weighted by Crippen LogP contribution is 2.20. The van der Waals surface area contributed by atoms with Gasteiger partial charge in [-0.25, -0.2) is 4.98 Å². The van der Waals surface area contributed by atoms with E-state index in [1.165, 1.54) is 0 Å². The molecule has 0 radical (unpaired) electrons. The Labute approximate surface area is 134 Å². The van der Waals surface area contributed by atoms with E-state index in [1.54, 1.807) is 11.3 Å². The van der Waals surface area contributed by atoms with Crippen molar-refractivity contribution in [1.29, 1.82) is 0 Å². The van der Waals surface area contributed by atoms with E-state index < -0.39 is 0 Å². The summed E-state index contributed by atoms with van der Waals surface area (Å²) in [5.74, 6) is 1.96. The molecule has 0 aliphatic rings. The van der Waals surface area contributed by atoms with Crippen LogP contribution in [-0.4, -0.2) is 47.8 Å². The van der Waals surface area contributed by atoms with Crippen LogP contribution in [-0.2, 0) is 0 Å². The van der Waals surface area contributed by atoms with Crippen molar-refractivity contribution >= 4 is 40.8 Å². The van der Waals surface area contributed by atoms with Crippen LogP contribution in [0.2, 0.25) is 0 Å². The molecule has 4 nitrogen and oxygen atoms in total. The van der Waals surface area contributed by atoms with Gasteiger partial charge in [-0.3, -0.25) is 4.99 Å². The minimum Gasteiger partial charge on any atom is -0.356 e. The molecule has 0 atom stereocenters. The Morgan fingerprint density at radius 2 is 2.25 bits per heavy atom. The molecule has 0 aliphatic heterocycles. The van der Waals surface area contributed by atoms with Crippen molar-refractivity contribution in [3.8, 4) is 0 Å². The Balaban J connectivity index is 2.12. The normalized spacial score (nSPS) is 12.5. The van der Waals surface area contributed by atoms with Crippen molar-refractivity contribution in [3.63, 3.8) is 0 Å². The lowest BCUT2D eigenvalue weighted by atomic mass is 10.2. The Morgan fingerprint density at radius 3 is 2.85 bits per heavy atom. The van der Waals surface area contributed by atoms with E-state index in [4.69, 9.17) is 0 Å². The minimum atomic E-state index is 0.221. The Kier molecular flexibility index (Phi) is 8.40. The third-order valence-electron chi connectivity index (χ3n) is 2.71. The smallest absolute Gasteiger partial charge is 0.191 e. The van der Waals surface area contributed by atoms with E-state index in [9.17, 15) is 0 Å². The molecule has 1 aromatic heterocycles. The van der Waals surface area contributed by atoms with Gasteiger partial charge in [-0.05, 0) is 26.5 Å². The van der Waals surface area contributed by atoms with Crippen LogP contribution in [0.25, 0.3) is 0 Å². The van der Waals surface area contributed by atoms with Crippen molar-refractivity contribution in [3.05, 3.63) is 11.6 Å². The topological polar surface area (TPSA) is 49.3 Å². The SMILES string of the molecule is CN=C(NCCCSc1nccs1)NCC(C)(C)SC. The molecular formula is C13H24N4S3. The standard InChI is InChI=1S/C13H24N4S3/c1-13(2,18-4)10-17-11(14-3)15-6-5-8-19-12-16-7-9-20-12/h7,9H,5-6,8,10H2,1-4H3,(H2,14,15,17). The van der Waals surface area contributed by atoms with Gasteiger partial charge >= 0.3 is 0 Å². The van der Waals surface area contributed by atoms with Crippen molar-refractivity contribution in [2.45, 2.75) is 29.4 Å². The summed E-state index contributed by atoms with van der Waals surface area (Å²) in [5, 5.41) is 8.73. The number of nitrogens with one attached hydrogen (secondary N) is 2. The summed E-state index contributed by atoms with van der Waals surface area (Å²) in [7, 11) is 1.81. The largest absolute Gasteiger partial charge is 0.356 e.